The third-order valence-corrected chi connectivity index (χ3v) is 6.36. The molecule has 0 unspecified atom stereocenters. The van der Waals surface area contributed by atoms with Crippen LogP contribution >= 0.6 is 0 Å². The van der Waals surface area contributed by atoms with Gasteiger partial charge < -0.3 is 29.9 Å². The summed E-state index contributed by atoms with van der Waals surface area (Å²) in [5.74, 6) is 1.08. The molecular formula is C29H33N7O4. The van der Waals surface area contributed by atoms with Crippen molar-refractivity contribution in [2.45, 2.75) is 13.5 Å². The molecule has 0 atom stereocenters. The van der Waals surface area contributed by atoms with Gasteiger partial charge in [0.25, 0.3) is 0 Å². The summed E-state index contributed by atoms with van der Waals surface area (Å²) in [6.07, 6.45) is 2.05. The molecule has 0 aliphatic carbocycles. The van der Waals surface area contributed by atoms with Crippen molar-refractivity contribution in [1.29, 1.82) is 0 Å². The van der Waals surface area contributed by atoms with Gasteiger partial charge in [-0.05, 0) is 81.2 Å². The Balaban J connectivity index is 1.31. The molecular weight excluding hydrogens is 510 g/mol. The predicted molar refractivity (Wildman–Crippen MR) is 154 cm³/mol. The van der Waals surface area contributed by atoms with Crippen LogP contribution in [-0.2, 0) is 16.0 Å². The predicted octanol–water partition coefficient (Wildman–Crippen LogP) is 4.12. The van der Waals surface area contributed by atoms with E-state index in [1.165, 1.54) is 0 Å². The molecule has 40 heavy (non-hydrogen) atoms. The number of ether oxygens (including phenoxy) is 2. The number of hydrogen-bond acceptors (Lipinski definition) is 8. The number of amides is 2. The van der Waals surface area contributed by atoms with Gasteiger partial charge in [0, 0.05) is 42.8 Å². The van der Waals surface area contributed by atoms with Crippen molar-refractivity contribution >= 4 is 34.7 Å². The third-order valence-electron chi connectivity index (χ3n) is 6.36. The lowest BCUT2D eigenvalue weighted by Crippen LogP contribution is -2.37. The number of anilines is 3. The number of fused-ring (bicyclic) bond motifs is 1. The lowest BCUT2D eigenvalue weighted by molar-refractivity contribution is 0.0526. The van der Waals surface area contributed by atoms with Gasteiger partial charge in [-0.25, -0.2) is 19.1 Å². The fourth-order valence-corrected chi connectivity index (χ4v) is 4.52. The van der Waals surface area contributed by atoms with Gasteiger partial charge in [-0.1, -0.05) is 0 Å². The topological polar surface area (TPSA) is 113 Å². The highest BCUT2D eigenvalue weighted by molar-refractivity contribution is 6.00. The number of urea groups is 1. The SMILES string of the molecule is CCOC(=O)c1ccc(NC(=O)Nc2ccc(-c3nc(N4CCOCC4)c4cc(CN(C)C)cn4n3)cc2)cc1. The van der Waals surface area contributed by atoms with E-state index in [0.29, 0.717) is 42.6 Å². The van der Waals surface area contributed by atoms with E-state index in [1.807, 2.05) is 49.1 Å². The molecule has 11 nitrogen and oxygen atoms in total. The summed E-state index contributed by atoms with van der Waals surface area (Å²) in [4.78, 5) is 33.7. The molecule has 1 fully saturated rings. The minimum absolute atomic E-state index is 0.305. The Morgan fingerprint density at radius 3 is 2.27 bits per heavy atom. The number of nitrogens with zero attached hydrogens (tertiary/aromatic N) is 5. The smallest absolute Gasteiger partial charge is 0.338 e. The van der Waals surface area contributed by atoms with Gasteiger partial charge in [0.2, 0.25) is 0 Å². The maximum atomic E-state index is 12.5. The van der Waals surface area contributed by atoms with Crippen LogP contribution in [0, 0.1) is 0 Å². The van der Waals surface area contributed by atoms with E-state index in [2.05, 4.69) is 26.5 Å². The summed E-state index contributed by atoms with van der Waals surface area (Å²) in [6, 6.07) is 15.7. The largest absolute Gasteiger partial charge is 0.462 e. The van der Waals surface area contributed by atoms with Crippen LogP contribution < -0.4 is 15.5 Å². The average Bonchev–Trinajstić information content (AvgIpc) is 3.35. The van der Waals surface area contributed by atoms with E-state index >= 15 is 0 Å². The van der Waals surface area contributed by atoms with Gasteiger partial charge in [0.15, 0.2) is 11.6 Å². The van der Waals surface area contributed by atoms with Crippen LogP contribution in [0.3, 0.4) is 0 Å². The molecule has 5 rings (SSSR count). The second-order valence-corrected chi connectivity index (χ2v) is 9.73. The molecule has 0 radical (unpaired) electrons. The van der Waals surface area contributed by atoms with Gasteiger partial charge in [-0.2, -0.15) is 0 Å². The summed E-state index contributed by atoms with van der Waals surface area (Å²) in [5.41, 5.74) is 4.56. The number of nitrogens with one attached hydrogen (secondary N) is 2. The maximum absolute atomic E-state index is 12.5. The zero-order valence-corrected chi connectivity index (χ0v) is 22.9. The molecule has 0 spiro atoms. The monoisotopic (exact) mass is 543 g/mol. The second kappa shape index (κ2) is 12.1. The van der Waals surface area contributed by atoms with Gasteiger partial charge in [-0.15, -0.1) is 5.10 Å². The number of carbonyl (C=O) groups is 2. The highest BCUT2D eigenvalue weighted by Crippen LogP contribution is 2.27. The number of hydrogen-bond donors (Lipinski definition) is 2. The van der Waals surface area contributed by atoms with Gasteiger partial charge in [0.1, 0.15) is 5.52 Å². The summed E-state index contributed by atoms with van der Waals surface area (Å²) < 4.78 is 12.4. The van der Waals surface area contributed by atoms with Crippen LogP contribution in [0.2, 0.25) is 0 Å². The number of rotatable bonds is 8. The van der Waals surface area contributed by atoms with Crippen molar-refractivity contribution in [3.8, 4) is 11.4 Å². The van der Waals surface area contributed by atoms with Crippen molar-refractivity contribution in [2.75, 3.05) is 62.5 Å². The summed E-state index contributed by atoms with van der Waals surface area (Å²) in [5, 5.41) is 10.4. The van der Waals surface area contributed by atoms with Crippen LogP contribution in [0.5, 0.6) is 0 Å². The maximum Gasteiger partial charge on any atom is 0.338 e. The molecule has 2 aromatic carbocycles. The minimum Gasteiger partial charge on any atom is -0.462 e. The molecule has 1 aliphatic rings. The van der Waals surface area contributed by atoms with Crippen molar-refractivity contribution < 1.29 is 19.1 Å². The minimum atomic E-state index is -0.399. The van der Waals surface area contributed by atoms with Gasteiger partial charge in [0.05, 0.1) is 25.4 Å². The number of aromatic nitrogens is 3. The Morgan fingerprint density at radius 2 is 1.65 bits per heavy atom. The zero-order chi connectivity index (χ0) is 28.1. The fourth-order valence-electron chi connectivity index (χ4n) is 4.52. The second-order valence-electron chi connectivity index (χ2n) is 9.73. The van der Waals surface area contributed by atoms with Gasteiger partial charge in [-0.3, -0.25) is 0 Å². The Kier molecular flexibility index (Phi) is 8.23. The third kappa shape index (κ3) is 6.38. The molecule has 4 aromatic rings. The Labute approximate surface area is 232 Å². The van der Waals surface area contributed by atoms with Crippen molar-refractivity contribution in [1.82, 2.24) is 19.5 Å². The molecule has 208 valence electrons. The first-order valence-corrected chi connectivity index (χ1v) is 13.2. The molecule has 11 heteroatoms. The molecule has 3 heterocycles. The van der Waals surface area contributed by atoms with Crippen LogP contribution in [0.15, 0.2) is 60.8 Å². The quantitative estimate of drug-likeness (QED) is 0.319. The Hall–Kier alpha value is -4.48. The summed E-state index contributed by atoms with van der Waals surface area (Å²) >= 11 is 0. The normalized spacial score (nSPS) is 13.4. The molecule has 0 saturated carbocycles. The number of morpholine rings is 1. The summed E-state index contributed by atoms with van der Waals surface area (Å²) in [7, 11) is 4.08. The molecule has 2 aromatic heterocycles. The summed E-state index contributed by atoms with van der Waals surface area (Å²) in [6.45, 7) is 5.72. The van der Waals surface area contributed by atoms with Crippen molar-refractivity contribution in [3.63, 3.8) is 0 Å². The molecule has 1 saturated heterocycles. The fraction of sp³-hybridized carbons (Fsp3) is 0.310. The Bertz CT molecular complexity index is 1480. The molecule has 2 amide bonds. The first kappa shape index (κ1) is 27.1. The number of benzene rings is 2. The number of esters is 1. The Morgan fingerprint density at radius 1 is 1.00 bits per heavy atom. The average molecular weight is 544 g/mol. The lowest BCUT2D eigenvalue weighted by Gasteiger charge is -2.28. The lowest BCUT2D eigenvalue weighted by atomic mass is 10.2. The van der Waals surface area contributed by atoms with Crippen LogP contribution in [-0.4, -0.2) is 78.5 Å². The first-order valence-electron chi connectivity index (χ1n) is 13.2. The van der Waals surface area contributed by atoms with E-state index in [-0.39, 0.29) is 0 Å². The van der Waals surface area contributed by atoms with E-state index in [0.717, 1.165) is 42.1 Å². The van der Waals surface area contributed by atoms with Crippen LogP contribution in [0.25, 0.3) is 16.9 Å². The highest BCUT2D eigenvalue weighted by atomic mass is 16.5. The molecule has 1 aliphatic heterocycles. The van der Waals surface area contributed by atoms with E-state index in [4.69, 9.17) is 19.6 Å². The standard InChI is InChI=1S/C29H33N7O4/c1-4-40-28(37)22-7-11-24(12-8-22)31-29(38)30-23-9-5-21(6-10-23)26-32-27(35-13-15-39-16-14-35)25-17-20(18-34(2)3)19-36(25)33-26/h5-12,17,19H,4,13-16,18H2,1-3H3,(H2,30,31,38). The zero-order valence-electron chi connectivity index (χ0n) is 22.9. The van der Waals surface area contributed by atoms with Crippen molar-refractivity contribution in [3.05, 3.63) is 71.9 Å². The van der Waals surface area contributed by atoms with E-state index in [9.17, 15) is 9.59 Å². The van der Waals surface area contributed by atoms with E-state index < -0.39 is 12.0 Å². The van der Waals surface area contributed by atoms with E-state index in [1.54, 1.807) is 31.2 Å². The van der Waals surface area contributed by atoms with Crippen molar-refractivity contribution in [2.24, 2.45) is 0 Å². The highest BCUT2D eigenvalue weighted by Gasteiger charge is 2.19. The number of carbonyl (C=O) groups excluding carboxylic acids is 2. The van der Waals surface area contributed by atoms with Crippen LogP contribution in [0.1, 0.15) is 22.8 Å². The molecule has 0 bridgehead atoms. The molecule has 2 N–H and O–H groups in total. The van der Waals surface area contributed by atoms with Gasteiger partial charge >= 0.3 is 12.0 Å². The van der Waals surface area contributed by atoms with Crippen LogP contribution in [0.4, 0.5) is 22.0 Å². The first-order chi connectivity index (χ1) is 19.4.